The Hall–Kier alpha value is -0.861. The Morgan fingerprint density at radius 2 is 2.11 bits per heavy atom. The minimum absolute atomic E-state index is 0.0623. The maximum atomic E-state index is 4.54. The van der Waals surface area contributed by atoms with Crippen LogP contribution >= 0.6 is 0 Å². The zero-order valence-corrected chi connectivity index (χ0v) is 12.6. The predicted octanol–water partition coefficient (Wildman–Crippen LogP) is 2.92. The van der Waals surface area contributed by atoms with E-state index in [0.29, 0.717) is 6.04 Å². The van der Waals surface area contributed by atoms with Crippen molar-refractivity contribution < 1.29 is 0 Å². The van der Waals surface area contributed by atoms with Crippen LogP contribution in [-0.2, 0) is 0 Å². The van der Waals surface area contributed by atoms with Crippen molar-refractivity contribution in [3.8, 4) is 0 Å². The number of aromatic nitrogens is 2. The number of fused-ring (bicyclic) bond motifs is 1. The van der Waals surface area contributed by atoms with Crippen LogP contribution in [0.4, 0.5) is 5.69 Å². The Morgan fingerprint density at radius 1 is 1.22 bits per heavy atom. The molecule has 4 heteroatoms. The van der Waals surface area contributed by atoms with E-state index in [1.165, 1.54) is 24.9 Å². The van der Waals surface area contributed by atoms with E-state index in [0.717, 1.165) is 22.9 Å². The zero-order valence-electron chi connectivity index (χ0n) is 10.9. The van der Waals surface area contributed by atoms with Gasteiger partial charge in [-0.1, -0.05) is 0 Å². The molecule has 0 saturated heterocycles. The van der Waals surface area contributed by atoms with Crippen LogP contribution in [-0.4, -0.2) is 29.0 Å². The molecule has 1 saturated carbocycles. The van der Waals surface area contributed by atoms with Crippen molar-refractivity contribution in [2.24, 2.45) is 11.8 Å². The quantitative estimate of drug-likeness (QED) is 0.867. The third-order valence-electron chi connectivity index (χ3n) is 4.06. The number of nitrogens with one attached hydrogen (secondary N) is 1. The van der Waals surface area contributed by atoms with Crippen LogP contribution in [0.15, 0.2) is 18.2 Å². The monoisotopic (exact) mass is 309 g/mol. The summed E-state index contributed by atoms with van der Waals surface area (Å²) < 4.78 is 8.98. The molecule has 0 spiro atoms. The predicted molar refractivity (Wildman–Crippen MR) is 76.1 cm³/mol. The van der Waals surface area contributed by atoms with Crippen LogP contribution in [0.2, 0.25) is 0 Å². The standard InChI is InChI=1S/C14H19N3Se/c1-9-6-7-11(10(2)8-9)15-12-4-3-5-13-14(12)17-18-16-13/h3-5,9-11,15H,6-8H2,1-2H3. The van der Waals surface area contributed by atoms with Gasteiger partial charge in [0.25, 0.3) is 0 Å². The van der Waals surface area contributed by atoms with E-state index in [1.54, 1.807) is 0 Å². The minimum atomic E-state index is 0.0623. The molecule has 0 radical (unpaired) electrons. The maximum absolute atomic E-state index is 4.54. The molecule has 1 aromatic carbocycles. The molecule has 1 fully saturated rings. The summed E-state index contributed by atoms with van der Waals surface area (Å²) in [7, 11) is 0. The molecule has 3 atom stereocenters. The first-order chi connectivity index (χ1) is 8.74. The van der Waals surface area contributed by atoms with Gasteiger partial charge in [0.15, 0.2) is 0 Å². The number of hydrogen-bond acceptors (Lipinski definition) is 3. The van der Waals surface area contributed by atoms with Crippen molar-refractivity contribution in [2.45, 2.75) is 39.2 Å². The van der Waals surface area contributed by atoms with Gasteiger partial charge in [-0.25, -0.2) is 0 Å². The van der Waals surface area contributed by atoms with Crippen LogP contribution in [0.1, 0.15) is 33.1 Å². The summed E-state index contributed by atoms with van der Waals surface area (Å²) in [5.41, 5.74) is 3.34. The molecule has 1 aliphatic carbocycles. The van der Waals surface area contributed by atoms with Gasteiger partial charge in [-0.05, 0) is 0 Å². The summed E-state index contributed by atoms with van der Waals surface area (Å²) in [6.07, 6.45) is 3.94. The third kappa shape index (κ3) is 2.32. The Labute approximate surface area is 114 Å². The summed E-state index contributed by atoms with van der Waals surface area (Å²) in [5.74, 6) is 1.62. The van der Waals surface area contributed by atoms with Gasteiger partial charge in [-0.2, -0.15) is 0 Å². The molecule has 1 aromatic heterocycles. The van der Waals surface area contributed by atoms with Gasteiger partial charge in [0.05, 0.1) is 0 Å². The molecule has 0 aliphatic heterocycles. The summed E-state index contributed by atoms with van der Waals surface area (Å²) in [6, 6.07) is 6.88. The van der Waals surface area contributed by atoms with Crippen LogP contribution in [0.3, 0.4) is 0 Å². The number of rotatable bonds is 2. The van der Waals surface area contributed by atoms with Gasteiger partial charge in [-0.15, -0.1) is 0 Å². The van der Waals surface area contributed by atoms with Gasteiger partial charge in [0.1, 0.15) is 0 Å². The molecular weight excluding hydrogens is 289 g/mol. The van der Waals surface area contributed by atoms with Gasteiger partial charge in [0, 0.05) is 0 Å². The molecule has 2 aromatic rings. The molecule has 1 N–H and O–H groups in total. The fourth-order valence-electron chi connectivity index (χ4n) is 3.00. The SMILES string of the molecule is CC1CCC(Nc2cccc3n[se]nc23)C(C)C1. The molecule has 18 heavy (non-hydrogen) atoms. The van der Waals surface area contributed by atoms with Crippen molar-refractivity contribution in [1.82, 2.24) is 7.96 Å². The van der Waals surface area contributed by atoms with Gasteiger partial charge < -0.3 is 0 Å². The average molecular weight is 308 g/mol. The normalized spacial score (nSPS) is 28.4. The van der Waals surface area contributed by atoms with Crippen molar-refractivity contribution >= 4 is 31.7 Å². The van der Waals surface area contributed by atoms with Crippen LogP contribution < -0.4 is 5.32 Å². The van der Waals surface area contributed by atoms with Crippen molar-refractivity contribution in [3.05, 3.63) is 18.2 Å². The first-order valence-corrected chi connectivity index (χ1v) is 8.25. The molecule has 1 heterocycles. The second kappa shape index (κ2) is 5.02. The Kier molecular flexibility index (Phi) is 3.40. The second-order valence-corrected chi connectivity index (χ2v) is 6.69. The molecule has 1 aliphatic rings. The summed E-state index contributed by atoms with van der Waals surface area (Å²) in [5, 5.41) is 3.71. The van der Waals surface area contributed by atoms with Gasteiger partial charge in [0.2, 0.25) is 0 Å². The average Bonchev–Trinajstić information content (AvgIpc) is 2.82. The van der Waals surface area contributed by atoms with E-state index >= 15 is 0 Å². The number of nitrogens with zero attached hydrogens (tertiary/aromatic N) is 2. The number of anilines is 1. The van der Waals surface area contributed by atoms with Crippen molar-refractivity contribution in [3.63, 3.8) is 0 Å². The topological polar surface area (TPSA) is 37.8 Å². The molecular formula is C14H19N3Se. The molecule has 3 unspecified atom stereocenters. The first kappa shape index (κ1) is 12.2. The van der Waals surface area contributed by atoms with E-state index in [4.69, 9.17) is 0 Å². The van der Waals surface area contributed by atoms with E-state index < -0.39 is 0 Å². The van der Waals surface area contributed by atoms with Crippen molar-refractivity contribution in [1.29, 1.82) is 0 Å². The summed E-state index contributed by atoms with van der Waals surface area (Å²) in [4.78, 5) is 0. The summed E-state index contributed by atoms with van der Waals surface area (Å²) in [6.45, 7) is 4.73. The van der Waals surface area contributed by atoms with Crippen LogP contribution in [0.5, 0.6) is 0 Å². The molecule has 96 valence electrons. The first-order valence-electron chi connectivity index (χ1n) is 6.72. The number of benzene rings is 1. The fourth-order valence-corrected chi connectivity index (χ4v) is 4.16. The summed E-state index contributed by atoms with van der Waals surface area (Å²) >= 11 is 0.0623. The fraction of sp³-hybridized carbons (Fsp3) is 0.571. The van der Waals surface area contributed by atoms with Crippen molar-refractivity contribution in [2.75, 3.05) is 5.32 Å². The van der Waals surface area contributed by atoms with E-state index in [9.17, 15) is 0 Å². The molecule has 3 rings (SSSR count). The molecule has 0 bridgehead atoms. The zero-order chi connectivity index (χ0) is 12.5. The van der Waals surface area contributed by atoms with E-state index in [1.807, 2.05) is 0 Å². The second-order valence-electron chi connectivity index (χ2n) is 5.58. The van der Waals surface area contributed by atoms with E-state index in [-0.39, 0.29) is 15.0 Å². The number of hydrogen-bond donors (Lipinski definition) is 1. The van der Waals surface area contributed by atoms with E-state index in [2.05, 4.69) is 45.3 Å². The molecule has 0 amide bonds. The van der Waals surface area contributed by atoms with Gasteiger partial charge in [-0.3, -0.25) is 0 Å². The van der Waals surface area contributed by atoms with Crippen LogP contribution in [0.25, 0.3) is 11.0 Å². The van der Waals surface area contributed by atoms with Gasteiger partial charge >= 0.3 is 114 Å². The Bertz CT molecular complexity index is 537. The third-order valence-corrected chi connectivity index (χ3v) is 5.20. The Morgan fingerprint density at radius 3 is 2.94 bits per heavy atom. The molecule has 3 nitrogen and oxygen atoms in total. The van der Waals surface area contributed by atoms with Crippen LogP contribution in [0, 0.1) is 11.8 Å². The Balaban J connectivity index is 1.82.